The summed E-state index contributed by atoms with van der Waals surface area (Å²) in [7, 11) is 0. The number of nitrogens with one attached hydrogen (secondary N) is 1. The summed E-state index contributed by atoms with van der Waals surface area (Å²) < 4.78 is 0. The molecule has 3 aromatic rings. The van der Waals surface area contributed by atoms with Crippen molar-refractivity contribution in [3.05, 3.63) is 95.1 Å². The predicted molar refractivity (Wildman–Crippen MR) is 127 cm³/mol. The van der Waals surface area contributed by atoms with Gasteiger partial charge < -0.3 is 10.2 Å². The highest BCUT2D eigenvalue weighted by Gasteiger charge is 2.23. The van der Waals surface area contributed by atoms with E-state index in [-0.39, 0.29) is 11.9 Å². The van der Waals surface area contributed by atoms with Crippen LogP contribution in [0.5, 0.6) is 0 Å². The lowest BCUT2D eigenvalue weighted by atomic mass is 9.99. The fraction of sp³-hybridized carbons (Fsp3) is 0.259. The Morgan fingerprint density at radius 1 is 0.719 bits per heavy atom. The smallest absolute Gasteiger partial charge is 0.326 e. The van der Waals surface area contributed by atoms with Gasteiger partial charge in [-0.15, -0.1) is 0 Å². The van der Waals surface area contributed by atoms with Crippen LogP contribution in [0.25, 0.3) is 0 Å². The minimum Gasteiger partial charge on any atom is -0.334 e. The third-order valence-corrected chi connectivity index (χ3v) is 6.41. The molecule has 2 aliphatic heterocycles. The molecule has 162 valence electrons. The molecule has 1 N–H and O–H groups in total. The largest absolute Gasteiger partial charge is 0.334 e. The van der Waals surface area contributed by atoms with Gasteiger partial charge in [-0.3, -0.25) is 9.69 Å². The number of nitrogens with zero attached hydrogens (tertiary/aromatic N) is 2. The molecular formula is C27H27N3O2. The molecule has 0 unspecified atom stereocenters. The van der Waals surface area contributed by atoms with Gasteiger partial charge in [-0.25, -0.2) is 4.79 Å². The van der Waals surface area contributed by atoms with Crippen molar-refractivity contribution in [2.45, 2.75) is 32.2 Å². The van der Waals surface area contributed by atoms with Gasteiger partial charge in [0.15, 0.2) is 0 Å². The molecule has 32 heavy (non-hydrogen) atoms. The predicted octanol–water partition coefficient (Wildman–Crippen LogP) is 5.26. The van der Waals surface area contributed by atoms with Crippen molar-refractivity contribution in [1.82, 2.24) is 4.90 Å². The zero-order valence-electron chi connectivity index (χ0n) is 18.1. The first-order chi connectivity index (χ1) is 15.7. The number of amides is 3. The Hall–Kier alpha value is -3.60. The van der Waals surface area contributed by atoms with Gasteiger partial charge in [0, 0.05) is 36.6 Å². The maximum atomic E-state index is 13.0. The first-order valence-electron chi connectivity index (χ1n) is 11.3. The summed E-state index contributed by atoms with van der Waals surface area (Å²) in [5.74, 6) is 0.0267. The van der Waals surface area contributed by atoms with E-state index < -0.39 is 0 Å². The number of rotatable bonds is 2. The van der Waals surface area contributed by atoms with Gasteiger partial charge in [0.2, 0.25) is 0 Å². The van der Waals surface area contributed by atoms with Gasteiger partial charge in [0.25, 0.3) is 5.91 Å². The van der Waals surface area contributed by atoms with Crippen molar-refractivity contribution >= 4 is 23.3 Å². The van der Waals surface area contributed by atoms with Crippen molar-refractivity contribution in [2.24, 2.45) is 0 Å². The first kappa shape index (κ1) is 20.3. The van der Waals surface area contributed by atoms with Crippen LogP contribution in [0.1, 0.15) is 39.9 Å². The van der Waals surface area contributed by atoms with E-state index in [2.05, 4.69) is 23.5 Å². The fourth-order valence-electron chi connectivity index (χ4n) is 4.64. The average molecular weight is 426 g/mol. The number of anilines is 2. The van der Waals surface area contributed by atoms with Crippen molar-refractivity contribution < 1.29 is 9.59 Å². The molecule has 0 aliphatic carbocycles. The fourth-order valence-corrected chi connectivity index (χ4v) is 4.64. The molecule has 3 aromatic carbocycles. The van der Waals surface area contributed by atoms with E-state index >= 15 is 0 Å². The van der Waals surface area contributed by atoms with Crippen molar-refractivity contribution in [3.8, 4) is 0 Å². The summed E-state index contributed by atoms with van der Waals surface area (Å²) in [6, 6.07) is 23.5. The number of carbonyl (C=O) groups excluding carboxylic acids is 2. The van der Waals surface area contributed by atoms with Gasteiger partial charge in [-0.2, -0.15) is 0 Å². The normalized spacial score (nSPS) is 15.4. The zero-order chi connectivity index (χ0) is 21.9. The molecule has 0 fully saturated rings. The maximum Gasteiger partial charge on any atom is 0.326 e. The number of hydrogen-bond donors (Lipinski definition) is 1. The number of fused-ring (bicyclic) bond motifs is 2. The van der Waals surface area contributed by atoms with Crippen LogP contribution in [0.4, 0.5) is 16.2 Å². The molecule has 3 amide bonds. The molecule has 0 saturated carbocycles. The molecular weight excluding hydrogens is 398 g/mol. The Labute approximate surface area is 188 Å². The third-order valence-electron chi connectivity index (χ3n) is 6.41. The van der Waals surface area contributed by atoms with Crippen LogP contribution in [0.3, 0.4) is 0 Å². The van der Waals surface area contributed by atoms with Crippen molar-refractivity contribution in [3.63, 3.8) is 0 Å². The van der Waals surface area contributed by atoms with Crippen LogP contribution >= 0.6 is 0 Å². The van der Waals surface area contributed by atoms with Crippen LogP contribution in [0, 0.1) is 0 Å². The van der Waals surface area contributed by atoms with E-state index in [0.717, 1.165) is 37.9 Å². The maximum absolute atomic E-state index is 13.0. The second-order valence-electron chi connectivity index (χ2n) is 8.49. The van der Waals surface area contributed by atoms with Crippen LogP contribution in [0.15, 0.2) is 72.8 Å². The number of carbonyl (C=O) groups is 2. The van der Waals surface area contributed by atoms with E-state index in [1.165, 1.54) is 16.7 Å². The van der Waals surface area contributed by atoms with E-state index in [4.69, 9.17) is 0 Å². The molecule has 5 nitrogen and oxygen atoms in total. The Balaban J connectivity index is 1.26. The van der Waals surface area contributed by atoms with Gasteiger partial charge in [-0.1, -0.05) is 42.5 Å². The highest BCUT2D eigenvalue weighted by molar-refractivity contribution is 6.02. The number of urea groups is 1. The molecule has 0 saturated heterocycles. The quantitative estimate of drug-likeness (QED) is 0.609. The lowest BCUT2D eigenvalue weighted by molar-refractivity contribution is 0.0734. The monoisotopic (exact) mass is 425 g/mol. The molecule has 0 aromatic heterocycles. The van der Waals surface area contributed by atoms with Crippen LogP contribution in [0.2, 0.25) is 0 Å². The molecule has 0 radical (unpaired) electrons. The average Bonchev–Trinajstić information content (AvgIpc) is 3.06. The van der Waals surface area contributed by atoms with E-state index in [1.807, 2.05) is 52.3 Å². The summed E-state index contributed by atoms with van der Waals surface area (Å²) in [5, 5.41) is 3.00. The number of para-hydroxylation sites is 1. The van der Waals surface area contributed by atoms with Gasteiger partial charge in [-0.05, 0) is 72.7 Å². The Morgan fingerprint density at radius 2 is 1.44 bits per heavy atom. The minimum atomic E-state index is -0.133. The summed E-state index contributed by atoms with van der Waals surface area (Å²) in [6.07, 6.45) is 3.94. The molecule has 2 heterocycles. The lowest BCUT2D eigenvalue weighted by Gasteiger charge is -2.29. The second-order valence-corrected chi connectivity index (χ2v) is 8.49. The molecule has 0 spiro atoms. The zero-order valence-corrected chi connectivity index (χ0v) is 18.1. The summed E-state index contributed by atoms with van der Waals surface area (Å²) in [4.78, 5) is 29.7. The molecule has 0 atom stereocenters. The molecule has 5 rings (SSSR count). The Morgan fingerprint density at radius 3 is 2.25 bits per heavy atom. The van der Waals surface area contributed by atoms with E-state index in [9.17, 15) is 9.59 Å². The summed E-state index contributed by atoms with van der Waals surface area (Å²) in [5.41, 5.74) is 6.07. The van der Waals surface area contributed by atoms with Gasteiger partial charge in [0.1, 0.15) is 0 Å². The first-order valence-corrected chi connectivity index (χ1v) is 11.3. The highest BCUT2D eigenvalue weighted by Crippen LogP contribution is 2.27. The number of benzene rings is 3. The van der Waals surface area contributed by atoms with Crippen molar-refractivity contribution in [2.75, 3.05) is 23.3 Å². The minimum absolute atomic E-state index is 0.0267. The van der Waals surface area contributed by atoms with Crippen molar-refractivity contribution in [1.29, 1.82) is 0 Å². The molecule has 2 aliphatic rings. The van der Waals surface area contributed by atoms with E-state index in [0.29, 0.717) is 24.3 Å². The van der Waals surface area contributed by atoms with Crippen LogP contribution in [-0.2, 0) is 19.4 Å². The SMILES string of the molecule is O=C(c1ccc(NC(=O)N2CCCCc3ccccc32)cc1)N1CCc2ccccc2C1. The molecule has 0 bridgehead atoms. The van der Waals surface area contributed by atoms with Crippen LogP contribution < -0.4 is 10.2 Å². The summed E-state index contributed by atoms with van der Waals surface area (Å²) >= 11 is 0. The van der Waals surface area contributed by atoms with E-state index in [1.54, 1.807) is 12.1 Å². The molecule has 5 heteroatoms. The Bertz CT molecular complexity index is 1140. The van der Waals surface area contributed by atoms with Crippen LogP contribution in [-0.4, -0.2) is 29.9 Å². The van der Waals surface area contributed by atoms with Gasteiger partial charge >= 0.3 is 6.03 Å². The third kappa shape index (κ3) is 4.11. The van der Waals surface area contributed by atoms with Gasteiger partial charge in [0.05, 0.1) is 0 Å². The lowest BCUT2D eigenvalue weighted by Crippen LogP contribution is -2.36. The topological polar surface area (TPSA) is 52.7 Å². The second kappa shape index (κ2) is 8.87. The highest BCUT2D eigenvalue weighted by atomic mass is 16.2. The number of aryl methyl sites for hydroxylation is 1. The summed E-state index contributed by atoms with van der Waals surface area (Å²) in [6.45, 7) is 2.07. The standard InChI is InChI=1S/C27H27N3O2/c31-26(29-18-16-20-7-1-2-10-23(20)19-29)22-12-14-24(15-13-22)28-27(32)30-17-6-5-9-21-8-3-4-11-25(21)30/h1-4,7-8,10-15H,5-6,9,16-19H2,(H,28,32). The number of hydrogen-bond acceptors (Lipinski definition) is 2. The Kier molecular flexibility index (Phi) is 5.63.